The summed E-state index contributed by atoms with van der Waals surface area (Å²) in [7, 11) is -1.05. The van der Waals surface area contributed by atoms with Crippen molar-refractivity contribution in [1.82, 2.24) is 4.67 Å². The van der Waals surface area contributed by atoms with E-state index in [1.165, 1.54) is 19.3 Å². The second-order valence-electron chi connectivity index (χ2n) is 5.44. The smallest absolute Gasteiger partial charge is 0.259 e. The van der Waals surface area contributed by atoms with Crippen LogP contribution in [0.25, 0.3) is 0 Å². The molecule has 20 heavy (non-hydrogen) atoms. The molecular formula is C15H31N2O2P. The number of nitrogens with zero attached hydrogens (tertiary/aromatic N) is 2. The zero-order valence-corrected chi connectivity index (χ0v) is 14.7. The molecule has 0 rings (SSSR count). The normalized spacial score (nSPS) is 13.2. The van der Waals surface area contributed by atoms with Crippen molar-refractivity contribution >= 4 is 8.53 Å². The van der Waals surface area contributed by atoms with E-state index in [1.54, 1.807) is 0 Å². The number of unbranched alkanes of at least 4 members (excludes halogenated alkanes) is 3. The van der Waals surface area contributed by atoms with Gasteiger partial charge in [0.05, 0.1) is 25.7 Å². The van der Waals surface area contributed by atoms with Crippen LogP contribution in [-0.4, -0.2) is 30.0 Å². The van der Waals surface area contributed by atoms with Gasteiger partial charge in [-0.05, 0) is 34.1 Å². The molecule has 0 bridgehead atoms. The Labute approximate surface area is 126 Å². The van der Waals surface area contributed by atoms with Crippen LogP contribution in [0.5, 0.6) is 0 Å². The van der Waals surface area contributed by atoms with Gasteiger partial charge in [-0.2, -0.15) is 5.26 Å². The molecule has 0 aromatic heterocycles. The van der Waals surface area contributed by atoms with Crippen LogP contribution in [0.3, 0.4) is 0 Å². The molecule has 1 unspecified atom stereocenters. The first kappa shape index (κ1) is 19.8. The van der Waals surface area contributed by atoms with Gasteiger partial charge in [0.25, 0.3) is 8.53 Å². The van der Waals surface area contributed by atoms with E-state index in [1.807, 2.05) is 0 Å². The Bertz CT molecular complexity index is 259. The van der Waals surface area contributed by atoms with Gasteiger partial charge in [0.15, 0.2) is 0 Å². The Morgan fingerprint density at radius 2 is 1.60 bits per heavy atom. The van der Waals surface area contributed by atoms with Gasteiger partial charge in [-0.3, -0.25) is 0 Å². The number of hydrogen-bond acceptors (Lipinski definition) is 4. The Hall–Kier alpha value is -0.200. The van der Waals surface area contributed by atoms with Crippen molar-refractivity contribution in [3.8, 4) is 6.07 Å². The molecule has 0 heterocycles. The van der Waals surface area contributed by atoms with Crippen LogP contribution in [0, 0.1) is 11.3 Å². The molecule has 5 heteroatoms. The second kappa shape index (κ2) is 12.5. The van der Waals surface area contributed by atoms with Gasteiger partial charge in [0.2, 0.25) is 0 Å². The molecule has 4 nitrogen and oxygen atoms in total. The number of hydrogen-bond donors (Lipinski definition) is 0. The molecule has 0 aromatic rings. The van der Waals surface area contributed by atoms with Gasteiger partial charge in [-0.25, -0.2) is 4.67 Å². The predicted molar refractivity (Wildman–Crippen MR) is 85.3 cm³/mol. The molecule has 0 aromatic carbocycles. The average Bonchev–Trinajstić information content (AvgIpc) is 2.37. The number of nitriles is 1. The molecule has 0 amide bonds. The Balaban J connectivity index is 4.34. The molecule has 0 aliphatic rings. The van der Waals surface area contributed by atoms with Crippen LogP contribution in [0.1, 0.15) is 66.7 Å². The fourth-order valence-electron chi connectivity index (χ4n) is 1.98. The predicted octanol–water partition coefficient (Wildman–Crippen LogP) is 4.86. The Kier molecular flexibility index (Phi) is 12.4. The van der Waals surface area contributed by atoms with Gasteiger partial charge in [0, 0.05) is 12.1 Å². The van der Waals surface area contributed by atoms with Crippen LogP contribution >= 0.6 is 8.53 Å². The summed E-state index contributed by atoms with van der Waals surface area (Å²) in [6.07, 6.45) is 5.20. The number of rotatable bonds is 12. The molecular weight excluding hydrogens is 271 g/mol. The highest BCUT2D eigenvalue weighted by atomic mass is 31.2. The van der Waals surface area contributed by atoms with E-state index in [-0.39, 0.29) is 0 Å². The summed E-state index contributed by atoms with van der Waals surface area (Å²) in [5.41, 5.74) is 0. The quantitative estimate of drug-likeness (QED) is 0.381. The lowest BCUT2D eigenvalue weighted by Gasteiger charge is -2.35. The third kappa shape index (κ3) is 8.87. The van der Waals surface area contributed by atoms with Crippen LogP contribution in [0.15, 0.2) is 0 Å². The van der Waals surface area contributed by atoms with E-state index in [4.69, 9.17) is 14.3 Å². The first-order valence-electron chi connectivity index (χ1n) is 7.75. The summed E-state index contributed by atoms with van der Waals surface area (Å²) in [5.74, 6) is 0. The molecule has 118 valence electrons. The summed E-state index contributed by atoms with van der Waals surface area (Å²) in [6.45, 7) is 12.0. The zero-order chi connectivity index (χ0) is 15.4. The van der Waals surface area contributed by atoms with E-state index in [9.17, 15) is 0 Å². The van der Waals surface area contributed by atoms with Crippen molar-refractivity contribution in [3.63, 3.8) is 0 Å². The molecule has 0 aliphatic carbocycles. The lowest BCUT2D eigenvalue weighted by atomic mass is 10.2. The molecule has 0 N–H and O–H groups in total. The summed E-state index contributed by atoms with van der Waals surface area (Å²) >= 11 is 0. The highest BCUT2D eigenvalue weighted by molar-refractivity contribution is 7.44. The van der Waals surface area contributed by atoms with Crippen LogP contribution < -0.4 is 0 Å². The largest absolute Gasteiger partial charge is 0.322 e. The van der Waals surface area contributed by atoms with E-state index in [2.05, 4.69) is 45.4 Å². The minimum absolute atomic E-state index is 0.374. The maximum Gasteiger partial charge on any atom is 0.259 e. The minimum Gasteiger partial charge on any atom is -0.322 e. The first-order valence-corrected chi connectivity index (χ1v) is 8.88. The summed E-state index contributed by atoms with van der Waals surface area (Å²) in [4.78, 5) is 0. The maximum atomic E-state index is 8.63. The third-order valence-electron chi connectivity index (χ3n) is 2.86. The monoisotopic (exact) mass is 302 g/mol. The molecule has 0 saturated heterocycles. The van der Waals surface area contributed by atoms with Gasteiger partial charge in [-0.1, -0.05) is 26.2 Å². The standard InChI is InChI=1S/C15H31N2O2P/c1-6-7-8-9-12-18-20(19-13-10-11-16)17(14(2)3)15(4)5/h14-15H,6-10,12-13H2,1-5H3. The fraction of sp³-hybridized carbons (Fsp3) is 0.933. The van der Waals surface area contributed by atoms with E-state index < -0.39 is 8.53 Å². The zero-order valence-electron chi connectivity index (χ0n) is 13.8. The third-order valence-corrected chi connectivity index (χ3v) is 4.97. The Morgan fingerprint density at radius 3 is 2.10 bits per heavy atom. The van der Waals surface area contributed by atoms with E-state index >= 15 is 0 Å². The molecule has 0 saturated carbocycles. The molecule has 0 spiro atoms. The maximum absolute atomic E-state index is 8.63. The van der Waals surface area contributed by atoms with Gasteiger partial charge < -0.3 is 9.05 Å². The van der Waals surface area contributed by atoms with Crippen molar-refractivity contribution in [1.29, 1.82) is 5.26 Å². The summed E-state index contributed by atoms with van der Waals surface area (Å²) in [5, 5.41) is 8.63. The second-order valence-corrected chi connectivity index (χ2v) is 6.89. The van der Waals surface area contributed by atoms with Crippen LogP contribution in [0.2, 0.25) is 0 Å². The topological polar surface area (TPSA) is 45.5 Å². The summed E-state index contributed by atoms with van der Waals surface area (Å²) in [6, 6.07) is 2.86. The van der Waals surface area contributed by atoms with Gasteiger partial charge in [0.1, 0.15) is 0 Å². The lowest BCUT2D eigenvalue weighted by molar-refractivity contribution is 0.174. The highest BCUT2D eigenvalue weighted by Gasteiger charge is 2.26. The van der Waals surface area contributed by atoms with Gasteiger partial charge >= 0.3 is 0 Å². The Morgan fingerprint density at radius 1 is 1.00 bits per heavy atom. The summed E-state index contributed by atoms with van der Waals surface area (Å²) < 4.78 is 14.1. The molecule has 0 aliphatic heterocycles. The SMILES string of the molecule is CCCCCCOP(OCCC#N)N(C(C)C)C(C)C. The first-order chi connectivity index (χ1) is 9.54. The molecule has 0 fully saturated rings. The van der Waals surface area contributed by atoms with E-state index in [0.29, 0.717) is 25.1 Å². The minimum atomic E-state index is -1.05. The van der Waals surface area contributed by atoms with Gasteiger partial charge in [-0.15, -0.1) is 0 Å². The fourth-order valence-corrected chi connectivity index (χ4v) is 3.61. The van der Waals surface area contributed by atoms with Crippen LogP contribution in [-0.2, 0) is 9.05 Å². The van der Waals surface area contributed by atoms with Crippen molar-refractivity contribution in [3.05, 3.63) is 0 Å². The van der Waals surface area contributed by atoms with Crippen molar-refractivity contribution in [2.75, 3.05) is 13.2 Å². The van der Waals surface area contributed by atoms with Crippen molar-refractivity contribution < 1.29 is 9.05 Å². The van der Waals surface area contributed by atoms with Crippen molar-refractivity contribution in [2.45, 2.75) is 78.8 Å². The van der Waals surface area contributed by atoms with Crippen LogP contribution in [0.4, 0.5) is 0 Å². The molecule has 1 atom stereocenters. The van der Waals surface area contributed by atoms with Crippen molar-refractivity contribution in [2.24, 2.45) is 0 Å². The average molecular weight is 302 g/mol. The lowest BCUT2D eigenvalue weighted by Crippen LogP contribution is -2.33. The van der Waals surface area contributed by atoms with E-state index in [0.717, 1.165) is 13.0 Å². The highest BCUT2D eigenvalue weighted by Crippen LogP contribution is 2.46. The molecule has 0 radical (unpaired) electrons.